The van der Waals surface area contributed by atoms with Gasteiger partial charge in [-0.3, -0.25) is 10.8 Å². The van der Waals surface area contributed by atoms with Crippen molar-refractivity contribution in [3.05, 3.63) is 30.2 Å². The Balaban J connectivity index is 2.06. The average molecular weight is 311 g/mol. The number of hydrazone groups is 1. The highest BCUT2D eigenvalue weighted by Gasteiger charge is 2.08. The van der Waals surface area contributed by atoms with Gasteiger partial charge in [0.15, 0.2) is 5.84 Å². The molecule has 0 amide bonds. The van der Waals surface area contributed by atoms with E-state index in [1.165, 1.54) is 0 Å². The number of hydrogen-bond donors (Lipinski definition) is 3. The average Bonchev–Trinajstić information content (AvgIpc) is 3.02. The highest BCUT2D eigenvalue weighted by atomic mass is 16.4. The van der Waals surface area contributed by atoms with Gasteiger partial charge in [0, 0.05) is 12.0 Å². The Kier molecular flexibility index (Phi) is 5.41. The number of rotatable bonds is 7. The number of aryl methyl sites for hydroxylation is 1. The molecule has 0 aliphatic carbocycles. The molecule has 0 saturated carbocycles. The van der Waals surface area contributed by atoms with Gasteiger partial charge in [-0.05, 0) is 30.7 Å². The van der Waals surface area contributed by atoms with Crippen molar-refractivity contribution in [3.63, 3.8) is 0 Å². The second-order valence-corrected chi connectivity index (χ2v) is 4.78. The van der Waals surface area contributed by atoms with Crippen LogP contribution in [0.5, 0.6) is 0 Å². The summed E-state index contributed by atoms with van der Waals surface area (Å²) in [6.07, 6.45) is 2.86. The Morgan fingerprint density at radius 3 is 2.74 bits per heavy atom. The van der Waals surface area contributed by atoms with Crippen molar-refractivity contribution in [1.82, 2.24) is 10.2 Å². The first-order valence-corrected chi connectivity index (χ1v) is 7.15. The second-order valence-electron chi connectivity index (χ2n) is 4.78. The molecule has 0 atom stereocenters. The van der Waals surface area contributed by atoms with Crippen LogP contribution in [0, 0.1) is 16.7 Å². The van der Waals surface area contributed by atoms with E-state index in [1.807, 2.05) is 0 Å². The van der Waals surface area contributed by atoms with Gasteiger partial charge in [0.1, 0.15) is 6.07 Å². The van der Waals surface area contributed by atoms with Crippen LogP contribution in [0.4, 0.5) is 5.69 Å². The lowest BCUT2D eigenvalue weighted by atomic mass is 10.2. The SMILES string of the molecule is CCCCc1nnc(-c2ccc(N/N=C(\C#N)C(=N)N)cc2)o1. The Morgan fingerprint density at radius 2 is 2.13 bits per heavy atom. The van der Waals surface area contributed by atoms with E-state index in [0.29, 0.717) is 17.5 Å². The van der Waals surface area contributed by atoms with E-state index >= 15 is 0 Å². The number of nitrogens with one attached hydrogen (secondary N) is 2. The number of benzene rings is 1. The molecule has 118 valence electrons. The molecule has 1 aromatic heterocycles. The minimum absolute atomic E-state index is 0.174. The number of nitrogens with zero attached hydrogens (tertiary/aromatic N) is 4. The van der Waals surface area contributed by atoms with Crippen LogP contribution < -0.4 is 11.2 Å². The lowest BCUT2D eigenvalue weighted by Gasteiger charge is -2.01. The Morgan fingerprint density at radius 1 is 1.39 bits per heavy atom. The first-order chi connectivity index (χ1) is 11.1. The maximum atomic E-state index is 8.76. The fourth-order valence-corrected chi connectivity index (χ4v) is 1.75. The summed E-state index contributed by atoms with van der Waals surface area (Å²) in [7, 11) is 0. The second kappa shape index (κ2) is 7.70. The van der Waals surface area contributed by atoms with Crippen LogP contribution in [0.15, 0.2) is 33.8 Å². The monoisotopic (exact) mass is 311 g/mol. The summed E-state index contributed by atoms with van der Waals surface area (Å²) in [6, 6.07) is 8.84. The van der Waals surface area contributed by atoms with Gasteiger partial charge < -0.3 is 10.2 Å². The van der Waals surface area contributed by atoms with Crippen LogP contribution in [-0.2, 0) is 6.42 Å². The van der Waals surface area contributed by atoms with Crippen LogP contribution in [0.25, 0.3) is 11.5 Å². The normalized spacial score (nSPS) is 11.0. The molecule has 1 heterocycles. The molecule has 4 N–H and O–H groups in total. The number of nitrogens with two attached hydrogens (primary N) is 1. The molecule has 23 heavy (non-hydrogen) atoms. The van der Waals surface area contributed by atoms with Gasteiger partial charge in [0.2, 0.25) is 17.5 Å². The fraction of sp³-hybridized carbons (Fsp3) is 0.267. The summed E-state index contributed by atoms with van der Waals surface area (Å²) < 4.78 is 5.60. The zero-order valence-corrected chi connectivity index (χ0v) is 12.7. The Labute approximate surface area is 133 Å². The number of nitriles is 1. The third kappa shape index (κ3) is 4.38. The van der Waals surface area contributed by atoms with E-state index < -0.39 is 0 Å². The first kappa shape index (κ1) is 16.2. The molecule has 8 heteroatoms. The maximum Gasteiger partial charge on any atom is 0.247 e. The molecule has 0 unspecified atom stereocenters. The smallest absolute Gasteiger partial charge is 0.247 e. The van der Waals surface area contributed by atoms with Crippen LogP contribution in [0.3, 0.4) is 0 Å². The van der Waals surface area contributed by atoms with Crippen LogP contribution >= 0.6 is 0 Å². The van der Waals surface area contributed by atoms with Gasteiger partial charge in [0.05, 0.1) is 5.69 Å². The number of unbranched alkanes of at least 4 members (excludes halogenated alkanes) is 1. The van der Waals surface area contributed by atoms with Gasteiger partial charge >= 0.3 is 0 Å². The molecule has 2 aromatic rings. The molecule has 8 nitrogen and oxygen atoms in total. The molecule has 0 saturated heterocycles. The largest absolute Gasteiger partial charge is 0.421 e. The predicted octanol–water partition coefficient (Wildman–Crippen LogP) is 2.31. The topological polar surface area (TPSA) is 137 Å². The highest BCUT2D eigenvalue weighted by molar-refractivity contribution is 6.45. The van der Waals surface area contributed by atoms with Crippen molar-refractivity contribution < 1.29 is 4.42 Å². The van der Waals surface area contributed by atoms with Crippen molar-refractivity contribution in [2.75, 3.05) is 5.43 Å². The molecular weight excluding hydrogens is 294 g/mol. The van der Waals surface area contributed by atoms with Gasteiger partial charge in [0.25, 0.3) is 0 Å². The van der Waals surface area contributed by atoms with Crippen molar-refractivity contribution in [1.29, 1.82) is 10.7 Å². The summed E-state index contributed by atoms with van der Waals surface area (Å²) >= 11 is 0. The minimum Gasteiger partial charge on any atom is -0.421 e. The van der Waals surface area contributed by atoms with Crippen molar-refractivity contribution in [2.24, 2.45) is 10.8 Å². The highest BCUT2D eigenvalue weighted by Crippen LogP contribution is 2.20. The molecule has 0 radical (unpaired) electrons. The summed E-state index contributed by atoms with van der Waals surface area (Å²) in [5, 5.41) is 27.7. The number of hydrogen-bond acceptors (Lipinski definition) is 7. The van der Waals surface area contributed by atoms with Gasteiger partial charge in [-0.15, -0.1) is 10.2 Å². The zero-order chi connectivity index (χ0) is 16.7. The van der Waals surface area contributed by atoms with E-state index in [4.69, 9.17) is 20.8 Å². The number of anilines is 1. The van der Waals surface area contributed by atoms with E-state index in [2.05, 4.69) is 27.6 Å². The molecule has 1 aromatic carbocycles. The van der Waals surface area contributed by atoms with Gasteiger partial charge in [-0.1, -0.05) is 13.3 Å². The summed E-state index contributed by atoms with van der Waals surface area (Å²) in [4.78, 5) is 0. The van der Waals surface area contributed by atoms with Crippen LogP contribution in [-0.4, -0.2) is 21.7 Å². The van der Waals surface area contributed by atoms with Crippen molar-refractivity contribution in [2.45, 2.75) is 26.2 Å². The Bertz CT molecular complexity index is 740. The summed E-state index contributed by atoms with van der Waals surface area (Å²) in [5.74, 6) is 0.712. The lowest BCUT2D eigenvalue weighted by molar-refractivity contribution is 0.496. The Hall–Kier alpha value is -3.21. The van der Waals surface area contributed by atoms with Crippen LogP contribution in [0.2, 0.25) is 0 Å². The van der Waals surface area contributed by atoms with Gasteiger partial charge in [-0.2, -0.15) is 10.4 Å². The zero-order valence-electron chi connectivity index (χ0n) is 12.7. The lowest BCUT2D eigenvalue weighted by Crippen LogP contribution is -2.21. The number of aromatic nitrogens is 2. The molecule has 0 fully saturated rings. The third-order valence-corrected chi connectivity index (χ3v) is 3.00. The quantitative estimate of drug-likeness (QED) is 0.407. The van der Waals surface area contributed by atoms with Crippen molar-refractivity contribution in [3.8, 4) is 17.5 Å². The first-order valence-electron chi connectivity index (χ1n) is 7.15. The fourth-order valence-electron chi connectivity index (χ4n) is 1.75. The molecular formula is C15H17N7O. The molecule has 2 rings (SSSR count). The minimum atomic E-state index is -0.387. The predicted molar refractivity (Wildman–Crippen MR) is 86.9 cm³/mol. The summed E-state index contributed by atoms with van der Waals surface area (Å²) in [6.45, 7) is 2.11. The van der Waals surface area contributed by atoms with E-state index in [1.54, 1.807) is 30.3 Å². The third-order valence-electron chi connectivity index (χ3n) is 3.00. The molecule has 0 aliphatic heterocycles. The molecule has 0 aliphatic rings. The van der Waals surface area contributed by atoms with Gasteiger partial charge in [-0.25, -0.2) is 0 Å². The molecule has 0 spiro atoms. The standard InChI is InChI=1S/C15H17N7O/c1-2-3-4-13-21-22-15(23-13)10-5-7-11(8-6-10)19-20-12(9-16)14(17)18/h5-8,19H,2-4H2,1H3,(H3,17,18)/b20-12+. The van der Waals surface area contributed by atoms with E-state index in [9.17, 15) is 0 Å². The van der Waals surface area contributed by atoms with E-state index in [0.717, 1.165) is 24.8 Å². The van der Waals surface area contributed by atoms with Crippen LogP contribution in [0.1, 0.15) is 25.7 Å². The molecule has 0 bridgehead atoms. The number of amidine groups is 1. The maximum absolute atomic E-state index is 8.76. The van der Waals surface area contributed by atoms with E-state index in [-0.39, 0.29) is 11.5 Å². The van der Waals surface area contributed by atoms with Crippen molar-refractivity contribution >= 4 is 17.2 Å². The summed E-state index contributed by atoms with van der Waals surface area (Å²) in [5.41, 5.74) is 9.14.